The smallest absolute Gasteiger partial charge is 0.258 e. The molecule has 2 amide bonds. The summed E-state index contributed by atoms with van der Waals surface area (Å²) in [6.45, 7) is 3.89. The summed E-state index contributed by atoms with van der Waals surface area (Å²) in [7, 11) is 0. The Kier molecular flexibility index (Phi) is 7.32. The summed E-state index contributed by atoms with van der Waals surface area (Å²) in [5, 5.41) is 6.06. The van der Waals surface area contributed by atoms with Gasteiger partial charge in [0.1, 0.15) is 11.8 Å². The predicted octanol–water partition coefficient (Wildman–Crippen LogP) is 2.40. The van der Waals surface area contributed by atoms with Crippen LogP contribution in [0.15, 0.2) is 18.2 Å². The highest BCUT2D eigenvalue weighted by atomic mass is 35.5. The summed E-state index contributed by atoms with van der Waals surface area (Å²) in [6, 6.07) is 4.10. The molecule has 1 aromatic carbocycles. The number of carbonyl (C=O) groups is 2. The molecule has 0 saturated carbocycles. The van der Waals surface area contributed by atoms with Gasteiger partial charge in [0, 0.05) is 17.6 Å². The number of hydrogen-bond donors (Lipinski definition) is 2. The lowest BCUT2D eigenvalue weighted by Gasteiger charge is -2.14. The van der Waals surface area contributed by atoms with Gasteiger partial charge in [0.25, 0.3) is 5.91 Å². The Morgan fingerprint density at radius 2 is 2.05 bits per heavy atom. The van der Waals surface area contributed by atoms with Crippen LogP contribution < -0.4 is 15.4 Å². The highest BCUT2D eigenvalue weighted by molar-refractivity contribution is 6.34. The van der Waals surface area contributed by atoms with E-state index in [2.05, 4.69) is 10.6 Å². The van der Waals surface area contributed by atoms with Crippen molar-refractivity contribution < 1.29 is 14.3 Å². The monoisotopic (exact) mass is 332 g/mol. The van der Waals surface area contributed by atoms with Gasteiger partial charge in [-0.15, -0.1) is 0 Å². The minimum absolute atomic E-state index is 0.231. The molecule has 0 aromatic heterocycles. The van der Waals surface area contributed by atoms with Gasteiger partial charge >= 0.3 is 0 Å². The predicted molar refractivity (Wildman–Crippen MR) is 82.9 cm³/mol. The highest BCUT2D eigenvalue weighted by Crippen LogP contribution is 2.27. The summed E-state index contributed by atoms with van der Waals surface area (Å²) in [5.74, 6) is -0.321. The van der Waals surface area contributed by atoms with Crippen LogP contribution in [0.5, 0.6) is 5.75 Å². The van der Waals surface area contributed by atoms with Crippen molar-refractivity contribution >= 4 is 35.0 Å². The van der Waals surface area contributed by atoms with E-state index < -0.39 is 11.9 Å². The molecule has 0 aliphatic carbocycles. The van der Waals surface area contributed by atoms with Crippen LogP contribution in [-0.4, -0.2) is 31.0 Å². The van der Waals surface area contributed by atoms with Crippen molar-refractivity contribution in [2.45, 2.75) is 26.3 Å². The molecule has 21 heavy (non-hydrogen) atoms. The second-order valence-corrected chi connectivity index (χ2v) is 5.29. The van der Waals surface area contributed by atoms with E-state index in [0.29, 0.717) is 22.3 Å². The number of rotatable bonds is 7. The molecule has 0 heterocycles. The summed E-state index contributed by atoms with van der Waals surface area (Å²) in [5.41, 5.74) is 0. The summed E-state index contributed by atoms with van der Waals surface area (Å²) >= 11 is 11.7. The van der Waals surface area contributed by atoms with Crippen molar-refractivity contribution in [3.63, 3.8) is 0 Å². The number of amides is 2. The standard InChI is InChI=1S/C14H18Cl2N2O3/c1-3-6-17-14(20)9(2)18-13(19)8-21-12-7-10(15)4-5-11(12)16/h4-5,7,9H,3,6,8H2,1-2H3,(H,17,20)(H,18,19)/t9-/m1/s1. The molecular weight excluding hydrogens is 315 g/mol. The van der Waals surface area contributed by atoms with Crippen molar-refractivity contribution in [1.29, 1.82) is 0 Å². The highest BCUT2D eigenvalue weighted by Gasteiger charge is 2.15. The first-order chi connectivity index (χ1) is 9.93. The molecular formula is C14H18Cl2N2O3. The van der Waals surface area contributed by atoms with Crippen LogP contribution in [0.2, 0.25) is 10.0 Å². The Morgan fingerprint density at radius 1 is 1.33 bits per heavy atom. The van der Waals surface area contributed by atoms with Crippen LogP contribution in [0.3, 0.4) is 0 Å². The van der Waals surface area contributed by atoms with Gasteiger partial charge in [0.2, 0.25) is 5.91 Å². The Balaban J connectivity index is 2.43. The van der Waals surface area contributed by atoms with Crippen LogP contribution >= 0.6 is 23.2 Å². The second-order valence-electron chi connectivity index (χ2n) is 4.44. The molecule has 1 rings (SSSR count). The van der Waals surface area contributed by atoms with Crippen molar-refractivity contribution in [3.8, 4) is 5.75 Å². The van der Waals surface area contributed by atoms with Gasteiger partial charge in [-0.2, -0.15) is 0 Å². The molecule has 0 aliphatic heterocycles. The van der Waals surface area contributed by atoms with E-state index in [-0.39, 0.29) is 12.5 Å². The topological polar surface area (TPSA) is 67.4 Å². The first-order valence-corrected chi connectivity index (χ1v) is 7.34. The molecule has 5 nitrogen and oxygen atoms in total. The van der Waals surface area contributed by atoms with Crippen molar-refractivity contribution in [3.05, 3.63) is 28.2 Å². The fourth-order valence-corrected chi connectivity index (χ4v) is 1.82. The molecule has 2 N–H and O–H groups in total. The third-order valence-corrected chi connectivity index (χ3v) is 3.12. The Bertz CT molecular complexity index is 509. The first-order valence-electron chi connectivity index (χ1n) is 6.59. The van der Waals surface area contributed by atoms with Gasteiger partial charge in [-0.1, -0.05) is 30.1 Å². The normalized spacial score (nSPS) is 11.6. The van der Waals surface area contributed by atoms with Gasteiger partial charge in [-0.3, -0.25) is 9.59 Å². The van der Waals surface area contributed by atoms with E-state index in [9.17, 15) is 9.59 Å². The van der Waals surface area contributed by atoms with Crippen molar-refractivity contribution in [2.24, 2.45) is 0 Å². The van der Waals surface area contributed by atoms with Crippen LogP contribution in [0.1, 0.15) is 20.3 Å². The molecule has 116 valence electrons. The van der Waals surface area contributed by atoms with E-state index in [1.165, 1.54) is 6.07 Å². The molecule has 1 aromatic rings. The lowest BCUT2D eigenvalue weighted by molar-refractivity contribution is -0.129. The van der Waals surface area contributed by atoms with Gasteiger partial charge in [0.05, 0.1) is 5.02 Å². The minimum Gasteiger partial charge on any atom is -0.482 e. The number of hydrogen-bond acceptors (Lipinski definition) is 3. The minimum atomic E-state index is -0.623. The number of nitrogens with one attached hydrogen (secondary N) is 2. The van der Waals surface area contributed by atoms with Crippen LogP contribution in [0, 0.1) is 0 Å². The number of ether oxygens (including phenoxy) is 1. The number of halogens is 2. The molecule has 0 spiro atoms. The fourth-order valence-electron chi connectivity index (χ4n) is 1.48. The maximum atomic E-state index is 11.7. The Labute approximate surface area is 133 Å². The average Bonchev–Trinajstić information content (AvgIpc) is 2.45. The van der Waals surface area contributed by atoms with Crippen LogP contribution in [-0.2, 0) is 9.59 Å². The van der Waals surface area contributed by atoms with E-state index in [1.54, 1.807) is 19.1 Å². The van der Waals surface area contributed by atoms with Gasteiger partial charge < -0.3 is 15.4 Å². The molecule has 0 unspecified atom stereocenters. The number of carbonyl (C=O) groups excluding carboxylic acids is 2. The van der Waals surface area contributed by atoms with Gasteiger partial charge in [0.15, 0.2) is 6.61 Å². The lowest BCUT2D eigenvalue weighted by Crippen LogP contribution is -2.46. The van der Waals surface area contributed by atoms with Gasteiger partial charge in [-0.05, 0) is 25.5 Å². The molecule has 7 heteroatoms. The van der Waals surface area contributed by atoms with Crippen LogP contribution in [0.25, 0.3) is 0 Å². The van der Waals surface area contributed by atoms with E-state index in [4.69, 9.17) is 27.9 Å². The summed E-state index contributed by atoms with van der Waals surface area (Å²) in [6.07, 6.45) is 0.836. The second kappa shape index (κ2) is 8.74. The third-order valence-electron chi connectivity index (χ3n) is 2.57. The zero-order valence-corrected chi connectivity index (χ0v) is 13.4. The van der Waals surface area contributed by atoms with Crippen molar-refractivity contribution in [2.75, 3.05) is 13.2 Å². The number of benzene rings is 1. The first kappa shape index (κ1) is 17.6. The Hall–Kier alpha value is -1.46. The maximum Gasteiger partial charge on any atom is 0.258 e. The molecule has 0 radical (unpaired) electrons. The zero-order valence-electron chi connectivity index (χ0n) is 11.9. The van der Waals surface area contributed by atoms with Gasteiger partial charge in [-0.25, -0.2) is 0 Å². The molecule has 0 saturated heterocycles. The largest absolute Gasteiger partial charge is 0.482 e. The Morgan fingerprint density at radius 3 is 2.71 bits per heavy atom. The van der Waals surface area contributed by atoms with Crippen molar-refractivity contribution in [1.82, 2.24) is 10.6 Å². The molecule has 0 aliphatic rings. The average molecular weight is 333 g/mol. The quantitative estimate of drug-likeness (QED) is 0.805. The molecule has 0 fully saturated rings. The summed E-state index contributed by atoms with van der Waals surface area (Å²) in [4.78, 5) is 23.3. The van der Waals surface area contributed by atoms with E-state index in [0.717, 1.165) is 6.42 Å². The maximum absolute atomic E-state index is 11.7. The SMILES string of the molecule is CCCNC(=O)[C@@H](C)NC(=O)COc1cc(Cl)ccc1Cl. The zero-order chi connectivity index (χ0) is 15.8. The van der Waals surface area contributed by atoms with Crippen LogP contribution in [0.4, 0.5) is 0 Å². The lowest BCUT2D eigenvalue weighted by atomic mass is 10.3. The fraction of sp³-hybridized carbons (Fsp3) is 0.429. The van der Waals surface area contributed by atoms with E-state index in [1.807, 2.05) is 6.92 Å². The van der Waals surface area contributed by atoms with E-state index >= 15 is 0 Å². The molecule has 1 atom stereocenters. The summed E-state index contributed by atoms with van der Waals surface area (Å²) < 4.78 is 5.28. The third kappa shape index (κ3) is 6.23. The molecule has 0 bridgehead atoms.